The minimum atomic E-state index is -1.15. The zero-order chi connectivity index (χ0) is 21.6. The zero-order valence-corrected chi connectivity index (χ0v) is 17.8. The number of esters is 1. The van der Waals surface area contributed by atoms with E-state index in [1.54, 1.807) is 13.0 Å². The van der Waals surface area contributed by atoms with Gasteiger partial charge in [-0.25, -0.2) is 4.79 Å². The zero-order valence-electron chi connectivity index (χ0n) is 17.8. The Hall–Kier alpha value is -2.05. The van der Waals surface area contributed by atoms with Crippen LogP contribution in [-0.4, -0.2) is 45.7 Å². The summed E-state index contributed by atoms with van der Waals surface area (Å²) in [5.74, 6) is -0.836. The van der Waals surface area contributed by atoms with Gasteiger partial charge in [0.25, 0.3) is 0 Å². The third kappa shape index (κ3) is 3.88. The molecule has 0 saturated heterocycles. The highest BCUT2D eigenvalue weighted by Crippen LogP contribution is 2.57. The van der Waals surface area contributed by atoms with Gasteiger partial charge in [-0.05, 0) is 49.3 Å². The Balaban J connectivity index is 1.97. The molecular weight excluding hydrogens is 372 g/mol. The Bertz CT molecular complexity index is 814. The number of allylic oxidation sites excluding steroid dienone is 1. The van der Waals surface area contributed by atoms with Gasteiger partial charge in [-0.1, -0.05) is 32.9 Å². The molecule has 5 atom stereocenters. The number of methoxy groups -OCH3 is 1. The highest BCUT2D eigenvalue weighted by molar-refractivity contribution is 5.90. The summed E-state index contributed by atoms with van der Waals surface area (Å²) in [6.45, 7) is 7.69. The molecule has 0 amide bonds. The lowest BCUT2D eigenvalue weighted by Crippen LogP contribution is -2.51. The summed E-state index contributed by atoms with van der Waals surface area (Å²) < 4.78 is 11.0. The number of carbonyl (C=O) groups excluding carboxylic acids is 1. The van der Waals surface area contributed by atoms with Crippen LogP contribution in [0.5, 0.6) is 11.5 Å². The molecule has 0 bridgehead atoms. The van der Waals surface area contributed by atoms with E-state index in [0.29, 0.717) is 6.42 Å². The summed E-state index contributed by atoms with van der Waals surface area (Å²) in [5, 5.41) is 32.1. The predicted octanol–water partition coefficient (Wildman–Crippen LogP) is 3.44. The van der Waals surface area contributed by atoms with E-state index in [-0.39, 0.29) is 35.3 Å². The van der Waals surface area contributed by atoms with Crippen LogP contribution in [-0.2, 0) is 4.74 Å². The lowest BCUT2D eigenvalue weighted by Gasteiger charge is -2.43. The van der Waals surface area contributed by atoms with Crippen LogP contribution in [0.4, 0.5) is 0 Å². The molecule has 3 rings (SSSR count). The van der Waals surface area contributed by atoms with Crippen molar-refractivity contribution < 1.29 is 29.6 Å². The van der Waals surface area contributed by atoms with Crippen LogP contribution in [0.25, 0.3) is 0 Å². The maximum atomic E-state index is 12.9. The fourth-order valence-electron chi connectivity index (χ4n) is 5.02. The number of hydrogen-bond acceptors (Lipinski definition) is 6. The van der Waals surface area contributed by atoms with Crippen molar-refractivity contribution in [1.82, 2.24) is 0 Å². The van der Waals surface area contributed by atoms with Gasteiger partial charge in [0.15, 0.2) is 11.5 Å². The first-order chi connectivity index (χ1) is 13.4. The molecule has 0 spiro atoms. The quantitative estimate of drug-likeness (QED) is 0.525. The highest BCUT2D eigenvalue weighted by atomic mass is 16.5. The van der Waals surface area contributed by atoms with Crippen LogP contribution in [0.15, 0.2) is 30.4 Å². The molecule has 0 aromatic heterocycles. The molecule has 0 heterocycles. The third-order valence-electron chi connectivity index (χ3n) is 6.80. The number of fused-ring (bicyclic) bond motifs is 1. The Kier molecular flexibility index (Phi) is 5.47. The molecule has 6 heteroatoms. The van der Waals surface area contributed by atoms with Crippen molar-refractivity contribution in [3.63, 3.8) is 0 Å². The lowest BCUT2D eigenvalue weighted by atomic mass is 9.68. The molecule has 29 heavy (non-hydrogen) atoms. The number of aromatic hydroxyl groups is 1. The van der Waals surface area contributed by atoms with E-state index in [1.807, 2.05) is 19.9 Å². The van der Waals surface area contributed by atoms with Crippen LogP contribution in [0.1, 0.15) is 57.3 Å². The van der Waals surface area contributed by atoms with Crippen molar-refractivity contribution in [1.29, 1.82) is 0 Å². The van der Waals surface area contributed by atoms with Gasteiger partial charge in [-0.15, -0.1) is 0 Å². The van der Waals surface area contributed by atoms with E-state index in [4.69, 9.17) is 9.47 Å². The highest BCUT2D eigenvalue weighted by Gasteiger charge is 2.60. The van der Waals surface area contributed by atoms with Gasteiger partial charge < -0.3 is 24.8 Å². The predicted molar refractivity (Wildman–Crippen MR) is 109 cm³/mol. The molecule has 0 radical (unpaired) electrons. The van der Waals surface area contributed by atoms with Gasteiger partial charge in [0.2, 0.25) is 0 Å². The van der Waals surface area contributed by atoms with Crippen LogP contribution >= 0.6 is 0 Å². The van der Waals surface area contributed by atoms with E-state index in [9.17, 15) is 20.1 Å². The Morgan fingerprint density at radius 2 is 1.86 bits per heavy atom. The first-order valence-corrected chi connectivity index (χ1v) is 10.1. The summed E-state index contributed by atoms with van der Waals surface area (Å²) in [5.41, 5.74) is -2.30. The average molecular weight is 405 g/mol. The van der Waals surface area contributed by atoms with Gasteiger partial charge >= 0.3 is 5.97 Å². The molecule has 1 aromatic carbocycles. The summed E-state index contributed by atoms with van der Waals surface area (Å²) in [6.07, 6.45) is 4.63. The van der Waals surface area contributed by atoms with Gasteiger partial charge in [0.05, 0.1) is 23.9 Å². The van der Waals surface area contributed by atoms with Crippen molar-refractivity contribution in [3.8, 4) is 11.5 Å². The molecule has 6 nitrogen and oxygen atoms in total. The molecule has 160 valence electrons. The molecule has 1 unspecified atom stereocenters. The Labute approximate surface area is 172 Å². The molecule has 2 aliphatic carbocycles. The second kappa shape index (κ2) is 7.33. The van der Waals surface area contributed by atoms with Gasteiger partial charge in [-0.2, -0.15) is 0 Å². The molecule has 3 N–H and O–H groups in total. The third-order valence-corrected chi connectivity index (χ3v) is 6.80. The Morgan fingerprint density at radius 3 is 2.48 bits per heavy atom. The van der Waals surface area contributed by atoms with E-state index >= 15 is 0 Å². The minimum Gasteiger partial charge on any atom is -0.504 e. The SMILES string of the molecule is COc1cc(C(=O)O[C@H]2C[C@](C)(O)C=C[C@@]3(C)CC[C@@](O)(C(C)C)C23)ccc1O. The van der Waals surface area contributed by atoms with Gasteiger partial charge in [-0.3, -0.25) is 0 Å². The van der Waals surface area contributed by atoms with E-state index in [0.717, 1.165) is 6.42 Å². The summed E-state index contributed by atoms with van der Waals surface area (Å²) >= 11 is 0. The Morgan fingerprint density at radius 1 is 1.17 bits per heavy atom. The number of benzene rings is 1. The first-order valence-electron chi connectivity index (χ1n) is 10.1. The number of aliphatic hydroxyl groups is 2. The van der Waals surface area contributed by atoms with Crippen LogP contribution in [0, 0.1) is 17.3 Å². The van der Waals surface area contributed by atoms with Crippen molar-refractivity contribution in [2.45, 2.75) is 64.3 Å². The molecule has 1 aromatic rings. The maximum Gasteiger partial charge on any atom is 0.338 e. The van der Waals surface area contributed by atoms with Crippen molar-refractivity contribution in [2.75, 3.05) is 7.11 Å². The normalized spacial score (nSPS) is 36.6. The van der Waals surface area contributed by atoms with Crippen LogP contribution < -0.4 is 4.74 Å². The molecule has 1 fully saturated rings. The van der Waals surface area contributed by atoms with Crippen LogP contribution in [0.3, 0.4) is 0 Å². The van der Waals surface area contributed by atoms with Crippen LogP contribution in [0.2, 0.25) is 0 Å². The van der Waals surface area contributed by atoms with Gasteiger partial charge in [0, 0.05) is 12.3 Å². The second-order valence-electron chi connectivity index (χ2n) is 9.35. The number of rotatable bonds is 4. The second-order valence-corrected chi connectivity index (χ2v) is 9.35. The minimum absolute atomic E-state index is 0.0271. The molecule has 2 aliphatic rings. The topological polar surface area (TPSA) is 96.2 Å². The van der Waals surface area contributed by atoms with E-state index in [2.05, 4.69) is 6.92 Å². The fraction of sp³-hybridized carbons (Fsp3) is 0.609. The largest absolute Gasteiger partial charge is 0.504 e. The standard InChI is InChI=1S/C23H32O6/c1-14(2)23(27)11-9-21(3)8-10-22(4,26)13-18(19(21)23)29-20(25)15-6-7-16(24)17(12-15)28-5/h6-8,10,12,14,18-19,24,26-27H,9,11,13H2,1-5H3/t18-,19?,21-,22+,23+/m0/s1. The molecule has 1 saturated carbocycles. The van der Waals surface area contributed by atoms with E-state index < -0.39 is 28.7 Å². The number of phenolic OH excluding ortho intramolecular Hbond substituents is 1. The maximum absolute atomic E-state index is 12.9. The fourth-order valence-corrected chi connectivity index (χ4v) is 5.02. The number of hydrogen-bond donors (Lipinski definition) is 3. The monoisotopic (exact) mass is 404 g/mol. The molecular formula is C23H32O6. The summed E-state index contributed by atoms with van der Waals surface area (Å²) in [6, 6.07) is 4.27. The smallest absolute Gasteiger partial charge is 0.338 e. The van der Waals surface area contributed by atoms with Gasteiger partial charge in [0.1, 0.15) is 6.10 Å². The molecule has 0 aliphatic heterocycles. The summed E-state index contributed by atoms with van der Waals surface area (Å²) in [4.78, 5) is 12.9. The van der Waals surface area contributed by atoms with Crippen molar-refractivity contribution >= 4 is 5.97 Å². The summed E-state index contributed by atoms with van der Waals surface area (Å²) in [7, 11) is 1.41. The van der Waals surface area contributed by atoms with Crippen molar-refractivity contribution in [2.24, 2.45) is 17.3 Å². The number of carbonyl (C=O) groups is 1. The van der Waals surface area contributed by atoms with Crippen molar-refractivity contribution in [3.05, 3.63) is 35.9 Å². The average Bonchev–Trinajstić information content (AvgIpc) is 2.87. The first kappa shape index (κ1) is 21.7. The number of ether oxygens (including phenoxy) is 2. The number of phenols is 1. The van der Waals surface area contributed by atoms with E-state index in [1.165, 1.54) is 25.3 Å². The lowest BCUT2D eigenvalue weighted by molar-refractivity contribution is -0.116.